The molecule has 0 saturated heterocycles. The zero-order valence-electron chi connectivity index (χ0n) is 10.5. The van der Waals surface area contributed by atoms with Crippen LogP contribution in [0.4, 0.5) is 13.2 Å². The fourth-order valence-electron chi connectivity index (χ4n) is 1.47. The summed E-state index contributed by atoms with van der Waals surface area (Å²) in [5.41, 5.74) is -0.0299. The maximum atomic E-state index is 12.0. The summed E-state index contributed by atoms with van der Waals surface area (Å²) in [5.74, 6) is -3.16. The van der Waals surface area contributed by atoms with Crippen molar-refractivity contribution in [2.75, 3.05) is 0 Å². The van der Waals surface area contributed by atoms with Crippen LogP contribution in [0.2, 0.25) is 0 Å². The number of rotatable bonds is 5. The molecule has 0 amide bonds. The molecule has 0 heterocycles. The van der Waals surface area contributed by atoms with E-state index in [9.17, 15) is 27.9 Å². The van der Waals surface area contributed by atoms with Crippen molar-refractivity contribution >= 4 is 11.6 Å². The van der Waals surface area contributed by atoms with E-state index in [1.165, 1.54) is 18.2 Å². The van der Waals surface area contributed by atoms with E-state index in [-0.39, 0.29) is 11.1 Å². The molecule has 2 unspecified atom stereocenters. The van der Waals surface area contributed by atoms with E-state index in [1.807, 2.05) is 0 Å². The molecule has 0 bridgehead atoms. The molecule has 0 radical (unpaired) electrons. The fraction of sp³-hybridized carbons (Fsp3) is 0.308. The first kappa shape index (κ1) is 16.8. The first-order valence-electron chi connectivity index (χ1n) is 5.65. The summed E-state index contributed by atoms with van der Waals surface area (Å²) in [7, 11) is 0. The van der Waals surface area contributed by atoms with E-state index in [4.69, 9.17) is 10.4 Å². The van der Waals surface area contributed by atoms with Gasteiger partial charge in [-0.05, 0) is 5.56 Å². The minimum absolute atomic E-state index is 0.114. The molecule has 1 rings (SSSR count). The van der Waals surface area contributed by atoms with E-state index >= 15 is 0 Å². The monoisotopic (exact) mass is 301 g/mol. The number of alkyl halides is 3. The van der Waals surface area contributed by atoms with Crippen molar-refractivity contribution in [3.05, 3.63) is 35.4 Å². The first-order valence-corrected chi connectivity index (χ1v) is 5.65. The number of Topliss-reactive ketones (excluding diaryl/α,β-unsaturated/α-hetero) is 2. The number of benzene rings is 1. The molecule has 2 N–H and O–H groups in total. The van der Waals surface area contributed by atoms with Crippen molar-refractivity contribution in [1.29, 1.82) is 5.26 Å². The van der Waals surface area contributed by atoms with E-state index in [0.29, 0.717) is 0 Å². The highest BCUT2D eigenvalue weighted by molar-refractivity contribution is 6.09. The Balaban J connectivity index is 2.82. The van der Waals surface area contributed by atoms with Crippen LogP contribution in [-0.4, -0.2) is 34.1 Å². The minimum atomic E-state index is -5.07. The highest BCUT2D eigenvalue weighted by atomic mass is 19.4. The molecule has 0 aliphatic heterocycles. The van der Waals surface area contributed by atoms with Crippen molar-refractivity contribution in [3.63, 3.8) is 0 Å². The van der Waals surface area contributed by atoms with Crippen molar-refractivity contribution in [2.24, 2.45) is 0 Å². The molecule has 112 valence electrons. The van der Waals surface area contributed by atoms with E-state index in [2.05, 4.69) is 0 Å². The van der Waals surface area contributed by atoms with Crippen molar-refractivity contribution < 1.29 is 33.0 Å². The number of carbonyl (C=O) groups is 2. The van der Waals surface area contributed by atoms with Crippen LogP contribution in [0, 0.1) is 11.3 Å². The average molecular weight is 301 g/mol. The van der Waals surface area contributed by atoms with Crippen LogP contribution in [0.3, 0.4) is 0 Å². The Morgan fingerprint density at radius 1 is 1.19 bits per heavy atom. The molecule has 0 aromatic heterocycles. The van der Waals surface area contributed by atoms with E-state index in [1.54, 1.807) is 0 Å². The maximum absolute atomic E-state index is 12.0. The third-order valence-corrected chi connectivity index (χ3v) is 2.64. The zero-order chi connectivity index (χ0) is 16.2. The minimum Gasteiger partial charge on any atom is -0.385 e. The van der Waals surface area contributed by atoms with Crippen LogP contribution >= 0.6 is 0 Å². The summed E-state index contributed by atoms with van der Waals surface area (Å²) in [4.78, 5) is 22.2. The second-order valence-electron chi connectivity index (χ2n) is 4.16. The number of nitriles is 1. The normalized spacial score (nSPS) is 14.1. The van der Waals surface area contributed by atoms with Gasteiger partial charge in [-0.1, -0.05) is 24.3 Å². The number of carbonyl (C=O) groups excluding carboxylic acids is 2. The van der Waals surface area contributed by atoms with Crippen LogP contribution in [0.5, 0.6) is 0 Å². The number of ketones is 2. The van der Waals surface area contributed by atoms with Gasteiger partial charge in [-0.15, -0.1) is 0 Å². The zero-order valence-corrected chi connectivity index (χ0v) is 10.5. The lowest BCUT2D eigenvalue weighted by molar-refractivity contribution is -0.170. The number of hydrogen-bond donors (Lipinski definition) is 2. The molecule has 1 aromatic rings. The Kier molecular flexibility index (Phi) is 5.18. The van der Waals surface area contributed by atoms with Crippen LogP contribution in [0.15, 0.2) is 24.3 Å². The number of nitrogens with zero attached hydrogens (tertiary/aromatic N) is 1. The third-order valence-electron chi connectivity index (χ3n) is 2.64. The number of aliphatic hydroxyl groups excluding tert-OH is 2. The van der Waals surface area contributed by atoms with Crippen molar-refractivity contribution in [2.45, 2.75) is 24.8 Å². The van der Waals surface area contributed by atoms with Crippen LogP contribution < -0.4 is 0 Å². The van der Waals surface area contributed by atoms with Gasteiger partial charge in [0.2, 0.25) is 5.78 Å². The molecule has 1 aromatic carbocycles. The predicted molar refractivity (Wildman–Crippen MR) is 63.0 cm³/mol. The summed E-state index contributed by atoms with van der Waals surface area (Å²) < 4.78 is 36.1. The highest BCUT2D eigenvalue weighted by Gasteiger charge is 2.39. The van der Waals surface area contributed by atoms with E-state index < -0.39 is 36.4 Å². The Labute approximate surface area is 117 Å². The first-order chi connectivity index (χ1) is 9.66. The van der Waals surface area contributed by atoms with Gasteiger partial charge in [-0.3, -0.25) is 9.59 Å². The Morgan fingerprint density at radius 3 is 2.14 bits per heavy atom. The molecular weight excluding hydrogens is 291 g/mol. The molecule has 8 heteroatoms. The molecule has 0 aliphatic carbocycles. The molecule has 0 saturated carbocycles. The number of halogens is 3. The van der Waals surface area contributed by atoms with E-state index in [0.717, 1.165) is 12.1 Å². The summed E-state index contributed by atoms with van der Waals surface area (Å²) in [6.45, 7) is 0. The van der Waals surface area contributed by atoms with Gasteiger partial charge in [-0.2, -0.15) is 18.4 Å². The highest BCUT2D eigenvalue weighted by Crippen LogP contribution is 2.21. The molecule has 0 spiro atoms. The molecule has 0 aliphatic rings. The Hall–Kier alpha value is -2.24. The van der Waals surface area contributed by atoms with Gasteiger partial charge in [0.05, 0.1) is 12.5 Å². The van der Waals surface area contributed by atoms with Gasteiger partial charge in [0, 0.05) is 5.56 Å². The molecule has 21 heavy (non-hydrogen) atoms. The lowest BCUT2D eigenvalue weighted by Gasteiger charge is -2.12. The predicted octanol–water partition coefficient (Wildman–Crippen LogP) is 1.31. The summed E-state index contributed by atoms with van der Waals surface area (Å²) in [6.07, 6.45) is -9.54. The standard InChI is InChI=1S/C13H10F3NO4/c14-13(15,16)11(20)5-9(18)7-1-3-8(4-2-7)12(21)10(19)6-17/h1-4,10,12,19,21H,5H2. The Bertz CT molecular complexity index is 575. The topological polar surface area (TPSA) is 98.4 Å². The lowest BCUT2D eigenvalue weighted by atomic mass is 10.00. The second-order valence-corrected chi connectivity index (χ2v) is 4.16. The molecule has 5 nitrogen and oxygen atoms in total. The van der Waals surface area contributed by atoms with Crippen molar-refractivity contribution in [1.82, 2.24) is 0 Å². The number of hydrogen-bond acceptors (Lipinski definition) is 5. The van der Waals surface area contributed by atoms with Gasteiger partial charge in [-0.25, -0.2) is 0 Å². The van der Waals surface area contributed by atoms with Gasteiger partial charge >= 0.3 is 6.18 Å². The summed E-state index contributed by atoms with van der Waals surface area (Å²) in [6, 6.07) is 5.98. The summed E-state index contributed by atoms with van der Waals surface area (Å²) in [5, 5.41) is 27.1. The quantitative estimate of drug-likeness (QED) is 0.485. The molecular formula is C13H10F3NO4. The third kappa shape index (κ3) is 4.37. The maximum Gasteiger partial charge on any atom is 0.450 e. The van der Waals surface area contributed by atoms with Gasteiger partial charge in [0.1, 0.15) is 6.10 Å². The number of aliphatic hydroxyl groups is 2. The van der Waals surface area contributed by atoms with Gasteiger partial charge < -0.3 is 10.2 Å². The fourth-order valence-corrected chi connectivity index (χ4v) is 1.47. The molecule has 2 atom stereocenters. The molecule has 0 fully saturated rings. The SMILES string of the molecule is N#CC(O)C(O)c1ccc(C(=O)CC(=O)C(F)(F)F)cc1. The average Bonchev–Trinajstić information content (AvgIpc) is 2.44. The largest absolute Gasteiger partial charge is 0.450 e. The van der Waals surface area contributed by atoms with Crippen LogP contribution in [0.1, 0.15) is 28.4 Å². The van der Waals surface area contributed by atoms with Crippen LogP contribution in [0.25, 0.3) is 0 Å². The van der Waals surface area contributed by atoms with Crippen LogP contribution in [-0.2, 0) is 4.79 Å². The van der Waals surface area contributed by atoms with Gasteiger partial charge in [0.25, 0.3) is 0 Å². The Morgan fingerprint density at radius 2 is 1.71 bits per heavy atom. The lowest BCUT2D eigenvalue weighted by Crippen LogP contribution is -2.25. The second kappa shape index (κ2) is 6.47. The smallest absolute Gasteiger partial charge is 0.385 e. The summed E-state index contributed by atoms with van der Waals surface area (Å²) >= 11 is 0. The van der Waals surface area contributed by atoms with Gasteiger partial charge in [0.15, 0.2) is 11.9 Å². The van der Waals surface area contributed by atoms with Crippen molar-refractivity contribution in [3.8, 4) is 6.07 Å².